The zero-order valence-corrected chi connectivity index (χ0v) is 17.7. The van der Waals surface area contributed by atoms with Crippen molar-refractivity contribution in [2.75, 3.05) is 23.5 Å². The highest BCUT2D eigenvalue weighted by Gasteiger charge is 2.18. The summed E-state index contributed by atoms with van der Waals surface area (Å²) in [7, 11) is 1.31. The van der Waals surface area contributed by atoms with Crippen molar-refractivity contribution in [3.63, 3.8) is 0 Å². The van der Waals surface area contributed by atoms with Crippen molar-refractivity contribution in [1.82, 2.24) is 4.98 Å². The predicted molar refractivity (Wildman–Crippen MR) is 125 cm³/mol. The van der Waals surface area contributed by atoms with Gasteiger partial charge < -0.3 is 21.1 Å². The molecule has 9 heteroatoms. The molecule has 4 N–H and O–H groups in total. The van der Waals surface area contributed by atoms with Crippen molar-refractivity contribution in [2.45, 2.75) is 0 Å². The Kier molecular flexibility index (Phi) is 5.70. The Morgan fingerprint density at radius 1 is 1.06 bits per heavy atom. The second kappa shape index (κ2) is 8.75. The molecule has 8 nitrogen and oxygen atoms in total. The Morgan fingerprint density at radius 3 is 2.53 bits per heavy atom. The number of aromatic nitrogens is 1. The summed E-state index contributed by atoms with van der Waals surface area (Å²) in [6.45, 7) is 0. The number of ether oxygens (including phenoxy) is 1. The minimum absolute atomic E-state index is 0.304. The number of fused-ring (bicyclic) bond motifs is 1. The van der Waals surface area contributed by atoms with Crippen LogP contribution in [-0.2, 0) is 4.74 Å². The number of amides is 2. The summed E-state index contributed by atoms with van der Waals surface area (Å²) < 4.78 is 5.53. The molecule has 2 amide bonds. The molecule has 4 aromatic rings. The number of nitrogen functional groups attached to an aromatic ring is 1. The summed E-state index contributed by atoms with van der Waals surface area (Å²) in [5, 5.41) is 14.4. The number of thiophene rings is 1. The Bertz CT molecular complexity index is 1370. The minimum atomic E-state index is -0.494. The van der Waals surface area contributed by atoms with Crippen LogP contribution in [0.2, 0.25) is 0 Å². The van der Waals surface area contributed by atoms with Crippen molar-refractivity contribution >= 4 is 50.6 Å². The number of carbonyl (C=O) groups excluding carboxylic acids is 2. The number of nitrogens with zero attached hydrogens (tertiary/aromatic N) is 2. The zero-order valence-electron chi connectivity index (χ0n) is 16.9. The van der Waals surface area contributed by atoms with Gasteiger partial charge in [-0.3, -0.25) is 4.98 Å². The molecular weight excluding hydrogens is 426 g/mol. The maximum atomic E-state index is 12.3. The minimum Gasteiger partial charge on any atom is -0.465 e. The molecule has 158 valence electrons. The summed E-state index contributed by atoms with van der Waals surface area (Å²) in [4.78, 5) is 29.0. The number of carbonyl (C=O) groups is 2. The van der Waals surface area contributed by atoms with Crippen molar-refractivity contribution in [1.29, 1.82) is 5.26 Å². The van der Waals surface area contributed by atoms with E-state index in [0.29, 0.717) is 33.0 Å². The van der Waals surface area contributed by atoms with Crippen LogP contribution in [-0.4, -0.2) is 24.1 Å². The standard InChI is InChI=1S/C23H17N5O3S/c1-31-22(29)21-19(25)20-18(32-21)10-15(12-26-20)14-3-2-4-17(9-14)28-23(30)27-16-7-5-13(11-24)6-8-16/h2-10,12H,25H2,1H3,(H2,27,28,30). The van der Waals surface area contributed by atoms with Gasteiger partial charge in [-0.25, -0.2) is 9.59 Å². The molecule has 2 heterocycles. The van der Waals surface area contributed by atoms with Crippen LogP contribution in [0.5, 0.6) is 0 Å². The van der Waals surface area contributed by atoms with Crippen LogP contribution in [0.25, 0.3) is 21.3 Å². The van der Waals surface area contributed by atoms with Gasteiger partial charge in [-0.15, -0.1) is 11.3 Å². The first-order chi connectivity index (χ1) is 15.5. The van der Waals surface area contributed by atoms with Gasteiger partial charge in [0.25, 0.3) is 0 Å². The van der Waals surface area contributed by atoms with Gasteiger partial charge >= 0.3 is 12.0 Å². The summed E-state index contributed by atoms with van der Waals surface area (Å²) in [6.07, 6.45) is 1.67. The highest BCUT2D eigenvalue weighted by Crippen LogP contribution is 2.35. The van der Waals surface area contributed by atoms with Gasteiger partial charge in [0.2, 0.25) is 0 Å². The van der Waals surface area contributed by atoms with Gasteiger partial charge in [-0.05, 0) is 48.0 Å². The van der Waals surface area contributed by atoms with Crippen LogP contribution >= 0.6 is 11.3 Å². The normalized spacial score (nSPS) is 10.4. The molecule has 0 aliphatic rings. The summed E-state index contributed by atoms with van der Waals surface area (Å²) >= 11 is 1.22. The largest absolute Gasteiger partial charge is 0.465 e. The summed E-state index contributed by atoms with van der Waals surface area (Å²) in [5.41, 5.74) is 10.2. The van der Waals surface area contributed by atoms with E-state index in [1.165, 1.54) is 18.4 Å². The molecule has 2 aromatic carbocycles. The average Bonchev–Trinajstić information content (AvgIpc) is 3.15. The Morgan fingerprint density at radius 2 is 1.81 bits per heavy atom. The van der Waals surface area contributed by atoms with Gasteiger partial charge in [0.15, 0.2) is 0 Å². The fraction of sp³-hybridized carbons (Fsp3) is 0.0435. The Balaban J connectivity index is 1.54. The molecule has 0 spiro atoms. The van der Waals surface area contributed by atoms with E-state index in [-0.39, 0.29) is 0 Å². The fourth-order valence-electron chi connectivity index (χ4n) is 3.10. The number of anilines is 3. The number of hydrogen-bond acceptors (Lipinski definition) is 7. The van der Waals surface area contributed by atoms with Gasteiger partial charge in [-0.1, -0.05) is 12.1 Å². The van der Waals surface area contributed by atoms with Gasteiger partial charge in [0, 0.05) is 23.1 Å². The molecule has 0 fully saturated rings. The number of nitrogens with one attached hydrogen (secondary N) is 2. The molecule has 0 atom stereocenters. The third-order valence-electron chi connectivity index (χ3n) is 4.66. The monoisotopic (exact) mass is 443 g/mol. The number of hydrogen-bond donors (Lipinski definition) is 3. The predicted octanol–water partition coefficient (Wildman–Crippen LogP) is 4.85. The van der Waals surface area contributed by atoms with E-state index < -0.39 is 12.0 Å². The lowest BCUT2D eigenvalue weighted by molar-refractivity contribution is 0.0607. The first kappa shape index (κ1) is 20.8. The average molecular weight is 443 g/mol. The van der Waals surface area contributed by atoms with E-state index in [4.69, 9.17) is 15.7 Å². The topological polar surface area (TPSA) is 130 Å². The number of rotatable bonds is 4. The van der Waals surface area contributed by atoms with E-state index in [2.05, 4.69) is 15.6 Å². The molecule has 0 bridgehead atoms. The lowest BCUT2D eigenvalue weighted by Crippen LogP contribution is -2.19. The van der Waals surface area contributed by atoms with E-state index in [9.17, 15) is 9.59 Å². The Labute approximate surface area is 187 Å². The lowest BCUT2D eigenvalue weighted by Gasteiger charge is -2.09. The van der Waals surface area contributed by atoms with Crippen LogP contribution in [0.15, 0.2) is 60.8 Å². The fourth-order valence-corrected chi connectivity index (χ4v) is 4.14. The third-order valence-corrected chi connectivity index (χ3v) is 5.78. The third kappa shape index (κ3) is 4.21. The first-order valence-corrected chi connectivity index (χ1v) is 10.2. The molecule has 0 saturated carbocycles. The van der Waals surface area contributed by atoms with E-state index in [0.717, 1.165) is 15.8 Å². The van der Waals surface area contributed by atoms with Crippen molar-refractivity contribution in [3.8, 4) is 17.2 Å². The number of urea groups is 1. The second-order valence-corrected chi connectivity index (χ2v) is 7.81. The van der Waals surface area contributed by atoms with Crippen LogP contribution in [0.1, 0.15) is 15.2 Å². The second-order valence-electron chi connectivity index (χ2n) is 6.76. The first-order valence-electron chi connectivity index (χ1n) is 9.43. The molecule has 2 aromatic heterocycles. The van der Waals surface area contributed by atoms with Crippen LogP contribution in [0.3, 0.4) is 0 Å². The van der Waals surface area contributed by atoms with Crippen LogP contribution in [0.4, 0.5) is 21.9 Å². The van der Waals surface area contributed by atoms with E-state index in [1.807, 2.05) is 30.3 Å². The zero-order chi connectivity index (χ0) is 22.7. The quantitative estimate of drug-likeness (QED) is 0.387. The smallest absolute Gasteiger partial charge is 0.350 e. The lowest BCUT2D eigenvalue weighted by atomic mass is 10.1. The van der Waals surface area contributed by atoms with Crippen LogP contribution < -0.4 is 16.4 Å². The highest BCUT2D eigenvalue weighted by atomic mass is 32.1. The molecule has 0 unspecified atom stereocenters. The van der Waals surface area contributed by atoms with Crippen LogP contribution in [0, 0.1) is 11.3 Å². The Hall–Kier alpha value is -4.42. The molecule has 32 heavy (non-hydrogen) atoms. The van der Waals surface area contributed by atoms with Crippen molar-refractivity contribution < 1.29 is 14.3 Å². The number of pyridine rings is 1. The summed E-state index contributed by atoms with van der Waals surface area (Å²) in [5.74, 6) is -0.494. The maximum absolute atomic E-state index is 12.3. The molecule has 0 radical (unpaired) electrons. The number of nitriles is 1. The number of nitrogens with two attached hydrogens (primary N) is 1. The van der Waals surface area contributed by atoms with Gasteiger partial charge in [-0.2, -0.15) is 5.26 Å². The maximum Gasteiger partial charge on any atom is 0.350 e. The van der Waals surface area contributed by atoms with E-state index >= 15 is 0 Å². The van der Waals surface area contributed by atoms with Gasteiger partial charge in [0.05, 0.1) is 29.1 Å². The van der Waals surface area contributed by atoms with Gasteiger partial charge in [0.1, 0.15) is 10.4 Å². The van der Waals surface area contributed by atoms with Crippen molar-refractivity contribution in [2.24, 2.45) is 0 Å². The molecule has 0 aliphatic carbocycles. The molecular formula is C23H17N5O3S. The number of methoxy groups -OCH3 is 1. The number of esters is 1. The number of benzene rings is 2. The van der Waals surface area contributed by atoms with Crippen molar-refractivity contribution in [3.05, 3.63) is 71.2 Å². The molecule has 4 rings (SSSR count). The SMILES string of the molecule is COC(=O)c1sc2cc(-c3cccc(NC(=O)Nc4ccc(C#N)cc4)c3)cnc2c1N. The molecule has 0 aliphatic heterocycles. The highest BCUT2D eigenvalue weighted by molar-refractivity contribution is 7.21. The molecule has 0 saturated heterocycles. The summed E-state index contributed by atoms with van der Waals surface area (Å²) in [6, 6.07) is 17.4. The van der Waals surface area contributed by atoms with E-state index in [1.54, 1.807) is 36.5 Å².